The molecule has 2 aromatic rings. The Hall–Kier alpha value is -2.76. The van der Waals surface area contributed by atoms with Crippen LogP contribution in [0, 0.1) is 0 Å². The molecule has 1 N–H and O–H groups in total. The lowest BCUT2D eigenvalue weighted by atomic mass is 10.2. The molecule has 0 aromatic carbocycles. The van der Waals surface area contributed by atoms with E-state index in [-0.39, 0.29) is 17.2 Å². The molecule has 2 aromatic heterocycles. The Morgan fingerprint density at radius 3 is 2.81 bits per heavy atom. The van der Waals surface area contributed by atoms with Gasteiger partial charge < -0.3 is 4.57 Å². The van der Waals surface area contributed by atoms with Gasteiger partial charge in [0.1, 0.15) is 5.56 Å². The van der Waals surface area contributed by atoms with Crippen molar-refractivity contribution in [3.05, 3.63) is 64.3 Å². The Labute approximate surface area is 122 Å². The fraction of sp³-hybridized carbons (Fsp3) is 0.200. The van der Waals surface area contributed by atoms with Gasteiger partial charge >= 0.3 is 0 Å². The molecule has 2 rings (SSSR count). The second-order valence-corrected chi connectivity index (χ2v) is 4.68. The van der Waals surface area contributed by atoms with Crippen LogP contribution in [0.25, 0.3) is 0 Å². The summed E-state index contributed by atoms with van der Waals surface area (Å²) < 4.78 is 1.50. The minimum absolute atomic E-state index is 0.0118. The molecule has 0 unspecified atom stereocenters. The van der Waals surface area contributed by atoms with Crippen LogP contribution in [-0.4, -0.2) is 21.7 Å². The van der Waals surface area contributed by atoms with Gasteiger partial charge in [0.2, 0.25) is 0 Å². The Morgan fingerprint density at radius 2 is 2.14 bits per heavy atom. The zero-order valence-corrected chi connectivity index (χ0v) is 11.9. The topological polar surface area (TPSA) is 76.3 Å². The monoisotopic (exact) mass is 284 g/mol. The molecular weight excluding hydrogens is 268 g/mol. The second kappa shape index (κ2) is 6.60. The van der Waals surface area contributed by atoms with E-state index in [1.54, 1.807) is 30.6 Å². The molecule has 0 radical (unpaired) electrons. The predicted octanol–water partition coefficient (Wildman–Crippen LogP) is 1.59. The van der Waals surface area contributed by atoms with Crippen molar-refractivity contribution in [2.24, 2.45) is 5.10 Å². The van der Waals surface area contributed by atoms with Crippen LogP contribution < -0.4 is 11.0 Å². The SMILES string of the molecule is CC(C)n1cccc(C(=O)N/N=C\c2ccccn2)c1=O. The van der Waals surface area contributed by atoms with E-state index < -0.39 is 5.91 Å². The molecule has 0 aliphatic rings. The fourth-order valence-electron chi connectivity index (χ4n) is 1.76. The predicted molar refractivity (Wildman–Crippen MR) is 80.4 cm³/mol. The Bertz CT molecular complexity index is 705. The molecule has 0 bridgehead atoms. The second-order valence-electron chi connectivity index (χ2n) is 4.68. The minimum Gasteiger partial charge on any atom is -0.312 e. The van der Waals surface area contributed by atoms with Gasteiger partial charge in [0.15, 0.2) is 0 Å². The van der Waals surface area contributed by atoms with Crippen molar-refractivity contribution in [2.75, 3.05) is 0 Å². The van der Waals surface area contributed by atoms with E-state index in [2.05, 4.69) is 15.5 Å². The average molecular weight is 284 g/mol. The maximum Gasteiger partial charge on any atom is 0.276 e. The van der Waals surface area contributed by atoms with E-state index in [0.29, 0.717) is 5.69 Å². The lowest BCUT2D eigenvalue weighted by Crippen LogP contribution is -2.31. The van der Waals surface area contributed by atoms with Crippen LogP contribution in [0.5, 0.6) is 0 Å². The number of rotatable bonds is 4. The van der Waals surface area contributed by atoms with Gasteiger partial charge in [0, 0.05) is 18.4 Å². The third kappa shape index (κ3) is 3.62. The highest BCUT2D eigenvalue weighted by Crippen LogP contribution is 2.01. The van der Waals surface area contributed by atoms with Crippen LogP contribution in [0.4, 0.5) is 0 Å². The molecule has 0 saturated carbocycles. The first-order chi connectivity index (χ1) is 10.1. The average Bonchev–Trinajstić information content (AvgIpc) is 2.48. The molecule has 0 atom stereocenters. The number of nitrogens with one attached hydrogen (secondary N) is 1. The Balaban J connectivity index is 2.13. The molecule has 2 heterocycles. The molecule has 0 saturated heterocycles. The minimum atomic E-state index is -0.540. The molecule has 21 heavy (non-hydrogen) atoms. The van der Waals surface area contributed by atoms with Gasteiger partial charge in [-0.15, -0.1) is 0 Å². The molecule has 0 aliphatic carbocycles. The molecule has 108 valence electrons. The summed E-state index contributed by atoms with van der Waals surface area (Å²) >= 11 is 0. The summed E-state index contributed by atoms with van der Waals surface area (Å²) in [5.41, 5.74) is 2.67. The van der Waals surface area contributed by atoms with E-state index in [9.17, 15) is 9.59 Å². The van der Waals surface area contributed by atoms with Crippen molar-refractivity contribution >= 4 is 12.1 Å². The van der Waals surface area contributed by atoms with Crippen LogP contribution in [0.2, 0.25) is 0 Å². The summed E-state index contributed by atoms with van der Waals surface area (Å²) in [7, 11) is 0. The number of hydrogen-bond donors (Lipinski definition) is 1. The maximum atomic E-state index is 12.1. The van der Waals surface area contributed by atoms with E-state index in [1.165, 1.54) is 16.8 Å². The van der Waals surface area contributed by atoms with Crippen LogP contribution in [-0.2, 0) is 0 Å². The van der Waals surface area contributed by atoms with Crippen LogP contribution in [0.1, 0.15) is 35.9 Å². The van der Waals surface area contributed by atoms with Gasteiger partial charge in [-0.3, -0.25) is 14.6 Å². The third-order valence-electron chi connectivity index (χ3n) is 2.83. The smallest absolute Gasteiger partial charge is 0.276 e. The molecule has 0 aliphatic heterocycles. The van der Waals surface area contributed by atoms with Crippen molar-refractivity contribution in [1.29, 1.82) is 0 Å². The van der Waals surface area contributed by atoms with Gasteiger partial charge in [0.25, 0.3) is 11.5 Å². The highest BCUT2D eigenvalue weighted by molar-refractivity contribution is 5.94. The van der Waals surface area contributed by atoms with Gasteiger partial charge in [-0.05, 0) is 38.1 Å². The number of aromatic nitrogens is 2. The van der Waals surface area contributed by atoms with Crippen molar-refractivity contribution in [3.63, 3.8) is 0 Å². The summed E-state index contributed by atoms with van der Waals surface area (Å²) in [6, 6.07) is 8.49. The van der Waals surface area contributed by atoms with Crippen LogP contribution >= 0.6 is 0 Å². The van der Waals surface area contributed by atoms with E-state index in [4.69, 9.17) is 0 Å². The molecule has 0 spiro atoms. The first-order valence-electron chi connectivity index (χ1n) is 6.55. The number of carbonyl (C=O) groups excluding carboxylic acids is 1. The highest BCUT2D eigenvalue weighted by Gasteiger charge is 2.12. The van der Waals surface area contributed by atoms with Gasteiger partial charge in [-0.25, -0.2) is 5.43 Å². The lowest BCUT2D eigenvalue weighted by Gasteiger charge is -2.10. The van der Waals surface area contributed by atoms with Crippen LogP contribution in [0.15, 0.2) is 52.6 Å². The first kappa shape index (κ1) is 14.6. The molecule has 0 fully saturated rings. The van der Waals surface area contributed by atoms with E-state index in [1.807, 2.05) is 19.9 Å². The summed E-state index contributed by atoms with van der Waals surface area (Å²) in [6.07, 6.45) is 4.70. The van der Waals surface area contributed by atoms with Crippen LogP contribution in [0.3, 0.4) is 0 Å². The number of hydrazone groups is 1. The van der Waals surface area contributed by atoms with Crippen molar-refractivity contribution in [2.45, 2.75) is 19.9 Å². The largest absolute Gasteiger partial charge is 0.312 e. The maximum absolute atomic E-state index is 12.1. The number of nitrogens with zero attached hydrogens (tertiary/aromatic N) is 3. The molecule has 6 nitrogen and oxygen atoms in total. The van der Waals surface area contributed by atoms with Gasteiger partial charge in [-0.2, -0.15) is 5.10 Å². The third-order valence-corrected chi connectivity index (χ3v) is 2.83. The first-order valence-corrected chi connectivity index (χ1v) is 6.55. The summed E-state index contributed by atoms with van der Waals surface area (Å²) in [5, 5.41) is 3.80. The number of hydrogen-bond acceptors (Lipinski definition) is 4. The molecular formula is C15H16N4O2. The molecule has 6 heteroatoms. The highest BCUT2D eigenvalue weighted by atomic mass is 16.2. The van der Waals surface area contributed by atoms with Crippen molar-refractivity contribution in [1.82, 2.24) is 15.0 Å². The zero-order chi connectivity index (χ0) is 15.2. The Kier molecular flexibility index (Phi) is 4.61. The van der Waals surface area contributed by atoms with Gasteiger partial charge in [0.05, 0.1) is 11.9 Å². The zero-order valence-electron chi connectivity index (χ0n) is 11.9. The summed E-state index contributed by atoms with van der Waals surface area (Å²) in [4.78, 5) is 28.1. The fourth-order valence-corrected chi connectivity index (χ4v) is 1.76. The van der Waals surface area contributed by atoms with E-state index in [0.717, 1.165) is 0 Å². The lowest BCUT2D eigenvalue weighted by molar-refractivity contribution is 0.0953. The number of pyridine rings is 2. The molecule has 1 amide bonds. The normalized spacial score (nSPS) is 11.0. The number of carbonyl (C=O) groups is 1. The summed E-state index contributed by atoms with van der Waals surface area (Å²) in [6.45, 7) is 3.75. The van der Waals surface area contributed by atoms with Gasteiger partial charge in [-0.1, -0.05) is 6.07 Å². The van der Waals surface area contributed by atoms with E-state index >= 15 is 0 Å². The van der Waals surface area contributed by atoms with Crippen molar-refractivity contribution < 1.29 is 4.79 Å². The quantitative estimate of drug-likeness (QED) is 0.684. The summed E-state index contributed by atoms with van der Waals surface area (Å²) in [5.74, 6) is -0.540. The number of amides is 1. The standard InChI is InChI=1S/C15H16N4O2/c1-11(2)19-9-5-7-13(15(19)21)14(20)18-17-10-12-6-3-4-8-16-12/h3-11H,1-2H3,(H,18,20)/b17-10-. The Morgan fingerprint density at radius 1 is 1.33 bits per heavy atom. The van der Waals surface area contributed by atoms with Crippen molar-refractivity contribution in [3.8, 4) is 0 Å².